The lowest BCUT2D eigenvalue weighted by Gasteiger charge is -2.12. The van der Waals surface area contributed by atoms with Crippen LogP contribution in [0.4, 0.5) is 4.39 Å². The molecule has 0 saturated heterocycles. The van der Waals surface area contributed by atoms with E-state index < -0.39 is 22.8 Å². The van der Waals surface area contributed by atoms with Crippen molar-refractivity contribution in [3.63, 3.8) is 0 Å². The lowest BCUT2D eigenvalue weighted by atomic mass is 10.2. The number of hydrogen-bond donors (Lipinski definition) is 1. The van der Waals surface area contributed by atoms with Crippen molar-refractivity contribution in [2.75, 3.05) is 6.61 Å². The van der Waals surface area contributed by atoms with Crippen molar-refractivity contribution in [2.45, 2.75) is 26.2 Å². The summed E-state index contributed by atoms with van der Waals surface area (Å²) in [6.45, 7) is 2.39. The van der Waals surface area contributed by atoms with Gasteiger partial charge in [0.2, 0.25) is 5.43 Å². The summed E-state index contributed by atoms with van der Waals surface area (Å²) in [5.74, 6) is -2.10. The highest BCUT2D eigenvalue weighted by molar-refractivity contribution is 6.92. The summed E-state index contributed by atoms with van der Waals surface area (Å²) < 4.78 is 14.4. The van der Waals surface area contributed by atoms with Gasteiger partial charge in [-0.2, -0.15) is 14.6 Å². The number of carboxylic acid groups (broad SMARTS) is 1. The maximum absolute atomic E-state index is 13.2. The Morgan fingerprint density at radius 3 is 2.82 bits per heavy atom. The Kier molecular flexibility index (Phi) is 6.43. The minimum Gasteiger partial charge on any atom is -0.477 e. The average Bonchev–Trinajstić information content (AvgIpc) is 2.45. The van der Waals surface area contributed by atoms with Crippen LogP contribution in [-0.2, 0) is 0 Å². The number of aromatic nitrogens is 2. The van der Waals surface area contributed by atoms with Gasteiger partial charge in [-0.25, -0.2) is 14.2 Å². The molecule has 1 N–H and O–H groups in total. The van der Waals surface area contributed by atoms with Crippen molar-refractivity contribution in [3.05, 3.63) is 40.1 Å². The molecular weight excluding hydrogens is 310 g/mol. The van der Waals surface area contributed by atoms with Crippen molar-refractivity contribution in [2.24, 2.45) is 0 Å². The number of nitrogens with zero attached hydrogens (tertiary/aromatic N) is 2. The van der Waals surface area contributed by atoms with Crippen molar-refractivity contribution in [3.8, 4) is 0 Å². The SMILES string of the molecule is CCCCCOn1cc(C(=O)O)c(=O)c2cc(F)cnc21.P. The van der Waals surface area contributed by atoms with E-state index in [0.29, 0.717) is 6.61 Å². The van der Waals surface area contributed by atoms with E-state index in [0.717, 1.165) is 42.5 Å². The summed E-state index contributed by atoms with van der Waals surface area (Å²) in [7, 11) is 0. The van der Waals surface area contributed by atoms with Crippen molar-refractivity contribution < 1.29 is 19.1 Å². The molecule has 2 rings (SSSR count). The van der Waals surface area contributed by atoms with Crippen molar-refractivity contribution in [1.82, 2.24) is 9.71 Å². The minimum absolute atomic E-state index is 0. The van der Waals surface area contributed by atoms with Gasteiger partial charge in [-0.05, 0) is 12.5 Å². The maximum atomic E-state index is 13.2. The second-order valence-electron chi connectivity index (χ2n) is 4.57. The number of aromatic carboxylic acids is 1. The summed E-state index contributed by atoms with van der Waals surface area (Å²) in [5.41, 5.74) is -1.16. The normalized spacial score (nSPS) is 10.3. The first-order valence-electron chi connectivity index (χ1n) is 6.62. The van der Waals surface area contributed by atoms with Gasteiger partial charge in [0.1, 0.15) is 18.0 Å². The van der Waals surface area contributed by atoms with E-state index in [1.165, 1.54) is 0 Å². The molecule has 8 heteroatoms. The molecule has 2 heterocycles. The molecule has 22 heavy (non-hydrogen) atoms. The maximum Gasteiger partial charge on any atom is 0.341 e. The zero-order valence-electron chi connectivity index (χ0n) is 12.2. The molecule has 0 aliphatic heterocycles. The van der Waals surface area contributed by atoms with Crippen LogP contribution < -0.4 is 10.3 Å². The molecule has 0 spiro atoms. The van der Waals surface area contributed by atoms with Gasteiger partial charge in [-0.15, -0.1) is 0 Å². The number of pyridine rings is 2. The molecule has 1 atom stereocenters. The largest absolute Gasteiger partial charge is 0.477 e. The Morgan fingerprint density at radius 2 is 2.18 bits per heavy atom. The van der Waals surface area contributed by atoms with Crippen LogP contribution in [0.15, 0.2) is 23.3 Å². The van der Waals surface area contributed by atoms with Gasteiger partial charge in [0.25, 0.3) is 0 Å². The number of unbranched alkanes of at least 4 members (excludes halogenated alkanes) is 2. The Bertz CT molecular complexity index is 733. The lowest BCUT2D eigenvalue weighted by molar-refractivity contribution is 0.0685. The first-order valence-corrected chi connectivity index (χ1v) is 6.62. The lowest BCUT2D eigenvalue weighted by Crippen LogP contribution is -2.23. The molecule has 0 fully saturated rings. The molecule has 0 saturated carbocycles. The fraction of sp³-hybridized carbons (Fsp3) is 0.357. The topological polar surface area (TPSA) is 81.4 Å². The van der Waals surface area contributed by atoms with Crippen LogP contribution in [0.1, 0.15) is 36.5 Å². The van der Waals surface area contributed by atoms with Crippen molar-refractivity contribution in [1.29, 1.82) is 0 Å². The second kappa shape index (κ2) is 7.84. The number of fused-ring (bicyclic) bond motifs is 1. The molecule has 0 amide bonds. The Balaban J connectivity index is 0.00000242. The molecule has 0 aliphatic rings. The monoisotopic (exact) mass is 328 g/mol. The number of halogens is 1. The standard InChI is InChI=1S/C14H15FN2O4.H3P/c1-2-3-4-5-21-17-8-11(14(19)20)12(18)10-6-9(15)7-16-13(10)17;/h6-8H,2-5H2,1H3,(H,19,20);1H3. The van der Waals surface area contributed by atoms with E-state index in [9.17, 15) is 14.0 Å². The zero-order chi connectivity index (χ0) is 15.4. The number of carbonyl (C=O) groups is 1. The fourth-order valence-corrected chi connectivity index (χ4v) is 1.92. The summed E-state index contributed by atoms with van der Waals surface area (Å²) in [6, 6.07) is 0.961. The quantitative estimate of drug-likeness (QED) is 0.647. The van der Waals surface area contributed by atoms with Gasteiger partial charge < -0.3 is 9.94 Å². The van der Waals surface area contributed by atoms with Gasteiger partial charge in [0, 0.05) is 0 Å². The van der Waals surface area contributed by atoms with Crippen LogP contribution in [0.2, 0.25) is 0 Å². The molecule has 2 aromatic heterocycles. The van der Waals surface area contributed by atoms with E-state index in [2.05, 4.69) is 4.98 Å². The number of hydrogen-bond acceptors (Lipinski definition) is 4. The summed E-state index contributed by atoms with van der Waals surface area (Å²) in [6.07, 6.45) is 4.79. The van der Waals surface area contributed by atoms with Crippen LogP contribution >= 0.6 is 9.90 Å². The van der Waals surface area contributed by atoms with E-state index in [-0.39, 0.29) is 20.9 Å². The molecule has 0 radical (unpaired) electrons. The van der Waals surface area contributed by atoms with E-state index in [1.54, 1.807) is 0 Å². The first-order chi connectivity index (χ1) is 10.0. The van der Waals surface area contributed by atoms with Gasteiger partial charge in [-0.3, -0.25) is 4.79 Å². The average molecular weight is 328 g/mol. The smallest absolute Gasteiger partial charge is 0.341 e. The highest BCUT2D eigenvalue weighted by Crippen LogP contribution is 2.10. The van der Waals surface area contributed by atoms with Crippen LogP contribution in [0.3, 0.4) is 0 Å². The predicted octanol–water partition coefficient (Wildman–Crippen LogP) is 1.91. The first kappa shape index (κ1) is 18.0. The molecule has 0 bridgehead atoms. The molecule has 120 valence electrons. The summed E-state index contributed by atoms with van der Waals surface area (Å²) >= 11 is 0. The molecular formula is C14H18FN2O4P. The van der Waals surface area contributed by atoms with E-state index in [4.69, 9.17) is 9.94 Å². The molecule has 6 nitrogen and oxygen atoms in total. The van der Waals surface area contributed by atoms with E-state index >= 15 is 0 Å². The van der Waals surface area contributed by atoms with Gasteiger partial charge in [0.05, 0.1) is 17.8 Å². The Labute approximate surface area is 129 Å². The van der Waals surface area contributed by atoms with Crippen LogP contribution in [0.5, 0.6) is 0 Å². The predicted molar refractivity (Wildman–Crippen MR) is 85.0 cm³/mol. The second-order valence-corrected chi connectivity index (χ2v) is 4.57. The highest BCUT2D eigenvalue weighted by Gasteiger charge is 2.16. The number of carboxylic acids is 1. The summed E-state index contributed by atoms with van der Waals surface area (Å²) in [4.78, 5) is 32.3. The van der Waals surface area contributed by atoms with Crippen molar-refractivity contribution >= 4 is 26.9 Å². The third kappa shape index (κ3) is 3.80. The third-order valence-corrected chi connectivity index (χ3v) is 2.99. The molecule has 0 aromatic carbocycles. The Hall–Kier alpha value is -2.01. The Morgan fingerprint density at radius 1 is 1.45 bits per heavy atom. The van der Waals surface area contributed by atoms with E-state index in [1.807, 2.05) is 6.92 Å². The van der Waals surface area contributed by atoms with Gasteiger partial charge >= 0.3 is 5.97 Å². The fourth-order valence-electron chi connectivity index (χ4n) is 1.92. The highest BCUT2D eigenvalue weighted by atomic mass is 31.0. The van der Waals surface area contributed by atoms with Gasteiger partial charge in [0.15, 0.2) is 5.65 Å². The molecule has 0 aliphatic carbocycles. The van der Waals surface area contributed by atoms with Crippen LogP contribution in [0.25, 0.3) is 11.0 Å². The third-order valence-electron chi connectivity index (χ3n) is 2.99. The molecule has 2 aromatic rings. The molecule has 1 unspecified atom stereocenters. The minimum atomic E-state index is -1.39. The van der Waals surface area contributed by atoms with Gasteiger partial charge in [-0.1, -0.05) is 19.8 Å². The van der Waals surface area contributed by atoms with Crippen LogP contribution in [-0.4, -0.2) is 27.4 Å². The summed E-state index contributed by atoms with van der Waals surface area (Å²) in [5, 5.41) is 8.93. The van der Waals surface area contributed by atoms with Crippen LogP contribution in [0, 0.1) is 5.82 Å². The number of rotatable bonds is 6. The zero-order valence-corrected chi connectivity index (χ0v) is 13.6.